The summed E-state index contributed by atoms with van der Waals surface area (Å²) in [6.45, 7) is 3.48. The van der Waals surface area contributed by atoms with Crippen LogP contribution in [0, 0.1) is 5.92 Å². The Morgan fingerprint density at radius 1 is 1.20 bits per heavy atom. The number of hydrogen-bond donors (Lipinski definition) is 3. The number of hydrogen-bond acceptors (Lipinski definition) is 7. The Labute approximate surface area is 233 Å². The second kappa shape index (κ2) is 12.1. The summed E-state index contributed by atoms with van der Waals surface area (Å²) in [4.78, 5) is 32.0. The number of aromatic nitrogens is 2. The average molecular weight is 571 g/mol. The van der Waals surface area contributed by atoms with Crippen molar-refractivity contribution in [3.8, 4) is 5.75 Å². The van der Waals surface area contributed by atoms with Gasteiger partial charge in [-0.1, -0.05) is 31.2 Å². The van der Waals surface area contributed by atoms with Gasteiger partial charge in [0.05, 0.1) is 36.8 Å². The van der Waals surface area contributed by atoms with Crippen molar-refractivity contribution in [3.05, 3.63) is 66.6 Å². The minimum absolute atomic E-state index is 0.0560. The number of anilines is 2. The van der Waals surface area contributed by atoms with Gasteiger partial charge >= 0.3 is 6.03 Å². The molecule has 0 spiro atoms. The molecule has 3 N–H and O–H groups in total. The van der Waals surface area contributed by atoms with Gasteiger partial charge < -0.3 is 29.9 Å². The van der Waals surface area contributed by atoms with Crippen LogP contribution in [0.15, 0.2) is 66.1 Å². The van der Waals surface area contributed by atoms with E-state index in [1.807, 2.05) is 13.0 Å². The fourth-order valence-corrected chi connectivity index (χ4v) is 5.54. The third-order valence-corrected chi connectivity index (χ3v) is 8.47. The molecule has 12 nitrogen and oxygen atoms in total. The summed E-state index contributed by atoms with van der Waals surface area (Å²) >= 11 is 0. The van der Waals surface area contributed by atoms with E-state index in [9.17, 15) is 23.1 Å². The number of amides is 3. The summed E-state index contributed by atoms with van der Waals surface area (Å²) < 4.78 is 35.5. The van der Waals surface area contributed by atoms with Crippen molar-refractivity contribution in [2.45, 2.75) is 31.0 Å². The number of rotatable bonds is 8. The number of aliphatic hydroxyl groups excluding tert-OH is 1. The SMILES string of the molecule is C[C@H](CO)N1C[C@H](C)[C@@H](CN(C)S(=O)(=O)c2cn(C)cn2)Oc2c(NC(=O)Nc3ccccc3)cccc2C1=O. The van der Waals surface area contributed by atoms with Crippen molar-refractivity contribution in [2.24, 2.45) is 13.0 Å². The predicted molar refractivity (Wildman–Crippen MR) is 150 cm³/mol. The van der Waals surface area contributed by atoms with Gasteiger partial charge in [-0.2, -0.15) is 4.31 Å². The summed E-state index contributed by atoms with van der Waals surface area (Å²) in [6, 6.07) is 12.6. The molecule has 0 saturated heterocycles. The van der Waals surface area contributed by atoms with Crippen LogP contribution in [-0.2, 0) is 17.1 Å². The number of para-hydroxylation sites is 2. The van der Waals surface area contributed by atoms with E-state index in [1.165, 1.54) is 19.6 Å². The minimum Gasteiger partial charge on any atom is -0.486 e. The Balaban J connectivity index is 1.69. The molecular weight excluding hydrogens is 536 g/mol. The highest BCUT2D eigenvalue weighted by molar-refractivity contribution is 7.89. The number of carbonyl (C=O) groups excluding carboxylic acids is 2. The third-order valence-electron chi connectivity index (χ3n) is 6.76. The molecule has 0 unspecified atom stereocenters. The van der Waals surface area contributed by atoms with Crippen LogP contribution in [0.2, 0.25) is 0 Å². The Bertz CT molecular complexity index is 1460. The van der Waals surface area contributed by atoms with Crippen LogP contribution in [0.1, 0.15) is 24.2 Å². The Morgan fingerprint density at radius 3 is 2.58 bits per heavy atom. The van der Waals surface area contributed by atoms with E-state index in [1.54, 1.807) is 65.9 Å². The van der Waals surface area contributed by atoms with E-state index in [2.05, 4.69) is 15.6 Å². The molecule has 214 valence electrons. The maximum atomic E-state index is 13.6. The van der Waals surface area contributed by atoms with Crippen LogP contribution in [0.25, 0.3) is 0 Å². The van der Waals surface area contributed by atoms with Crippen molar-refractivity contribution >= 4 is 33.3 Å². The average Bonchev–Trinajstić information content (AvgIpc) is 3.38. The molecule has 13 heteroatoms. The number of nitrogens with zero attached hydrogens (tertiary/aromatic N) is 4. The molecule has 4 rings (SSSR count). The zero-order valence-corrected chi connectivity index (χ0v) is 23.6. The van der Waals surface area contributed by atoms with Gasteiger partial charge in [-0.3, -0.25) is 4.79 Å². The van der Waals surface area contributed by atoms with Crippen LogP contribution in [-0.4, -0.2) is 83.1 Å². The molecule has 1 aliphatic heterocycles. The molecule has 1 aromatic heterocycles. The first-order valence-electron chi connectivity index (χ1n) is 12.8. The van der Waals surface area contributed by atoms with Crippen LogP contribution >= 0.6 is 0 Å². The molecule has 0 radical (unpaired) electrons. The quantitative estimate of drug-likeness (QED) is 0.377. The minimum atomic E-state index is -3.93. The van der Waals surface area contributed by atoms with Gasteiger partial charge in [-0.05, 0) is 31.2 Å². The second-order valence-corrected chi connectivity index (χ2v) is 11.9. The van der Waals surface area contributed by atoms with E-state index < -0.39 is 28.2 Å². The van der Waals surface area contributed by atoms with E-state index >= 15 is 0 Å². The summed E-state index contributed by atoms with van der Waals surface area (Å²) in [5.41, 5.74) is 1.00. The van der Waals surface area contributed by atoms with Crippen LogP contribution < -0.4 is 15.4 Å². The third kappa shape index (κ3) is 6.27. The van der Waals surface area contributed by atoms with Crippen LogP contribution in [0.5, 0.6) is 5.75 Å². The monoisotopic (exact) mass is 570 g/mol. The van der Waals surface area contributed by atoms with E-state index in [0.29, 0.717) is 5.69 Å². The maximum absolute atomic E-state index is 13.6. The molecule has 2 heterocycles. The van der Waals surface area contributed by atoms with Gasteiger partial charge in [-0.15, -0.1) is 0 Å². The molecule has 1 aliphatic rings. The lowest BCUT2D eigenvalue weighted by molar-refractivity contribution is 0.0389. The highest BCUT2D eigenvalue weighted by atomic mass is 32.2. The lowest BCUT2D eigenvalue weighted by Gasteiger charge is -2.38. The molecule has 2 aromatic carbocycles. The molecule has 0 saturated carbocycles. The summed E-state index contributed by atoms with van der Waals surface area (Å²) in [5, 5.41) is 15.3. The number of aryl methyl sites for hydroxylation is 1. The van der Waals surface area contributed by atoms with Crippen LogP contribution in [0.4, 0.5) is 16.2 Å². The number of aliphatic hydroxyl groups is 1. The van der Waals surface area contributed by atoms with Gasteiger partial charge in [-0.25, -0.2) is 18.2 Å². The van der Waals surface area contributed by atoms with Crippen molar-refractivity contribution in [2.75, 3.05) is 37.4 Å². The number of ether oxygens (including phenoxy) is 1. The first kappa shape index (κ1) is 29.1. The topological polar surface area (TPSA) is 146 Å². The molecule has 0 bridgehead atoms. The molecule has 3 atom stereocenters. The van der Waals surface area contributed by atoms with Crippen LogP contribution in [0.3, 0.4) is 0 Å². The highest BCUT2D eigenvalue weighted by Gasteiger charge is 2.36. The normalized spacial score (nSPS) is 18.4. The number of imidazole rings is 1. The number of benzene rings is 2. The smallest absolute Gasteiger partial charge is 0.323 e. The molecule has 0 fully saturated rings. The standard InChI is InChI=1S/C27H34N6O6S/c1-18-13-33(19(2)16-34)26(35)21-11-8-12-22(30-27(36)29-20-9-6-5-7-10-20)25(21)39-23(18)14-32(4)40(37,38)24-15-31(3)17-28-24/h5-12,15,17-19,23,34H,13-14,16H2,1-4H3,(H2,29,30,36)/t18-,19+,23+/m0/s1. The Morgan fingerprint density at radius 2 is 1.93 bits per heavy atom. The number of fused-ring (bicyclic) bond motifs is 1. The summed E-state index contributed by atoms with van der Waals surface area (Å²) in [7, 11) is -0.806. The van der Waals surface area contributed by atoms with Crippen molar-refractivity contribution < 1.29 is 27.9 Å². The molecule has 0 aliphatic carbocycles. The molecule has 3 amide bonds. The molecule has 40 heavy (non-hydrogen) atoms. The second-order valence-electron chi connectivity index (χ2n) is 9.91. The number of likely N-dealkylation sites (N-methyl/N-ethyl adjacent to an activating group) is 1. The van der Waals surface area contributed by atoms with Crippen molar-refractivity contribution in [1.82, 2.24) is 18.8 Å². The van der Waals surface area contributed by atoms with Gasteiger partial charge in [0.15, 0.2) is 10.8 Å². The first-order chi connectivity index (χ1) is 19.0. The maximum Gasteiger partial charge on any atom is 0.323 e. The summed E-state index contributed by atoms with van der Waals surface area (Å²) in [5.74, 6) is -0.604. The van der Waals surface area contributed by atoms with Gasteiger partial charge in [0.1, 0.15) is 6.10 Å². The van der Waals surface area contributed by atoms with Crippen molar-refractivity contribution in [3.63, 3.8) is 0 Å². The largest absolute Gasteiger partial charge is 0.486 e. The van der Waals surface area contributed by atoms with Crippen molar-refractivity contribution in [1.29, 1.82) is 0 Å². The molecule has 3 aromatic rings. The molecular formula is C27H34N6O6S. The number of urea groups is 1. The lowest BCUT2D eigenvalue weighted by atomic mass is 9.99. The Kier molecular flexibility index (Phi) is 8.76. The lowest BCUT2D eigenvalue weighted by Crippen LogP contribution is -2.50. The number of nitrogens with one attached hydrogen (secondary N) is 2. The first-order valence-corrected chi connectivity index (χ1v) is 14.2. The fourth-order valence-electron chi connectivity index (χ4n) is 4.40. The zero-order valence-electron chi connectivity index (χ0n) is 22.8. The van der Waals surface area contributed by atoms with Gasteiger partial charge in [0.25, 0.3) is 15.9 Å². The summed E-state index contributed by atoms with van der Waals surface area (Å²) in [6.07, 6.45) is 2.11. The Hall–Kier alpha value is -3.94. The van der Waals surface area contributed by atoms with E-state index in [4.69, 9.17) is 4.74 Å². The predicted octanol–water partition coefficient (Wildman–Crippen LogP) is 2.60. The zero-order chi connectivity index (χ0) is 29.0. The van der Waals surface area contributed by atoms with Gasteiger partial charge in [0, 0.05) is 38.4 Å². The van der Waals surface area contributed by atoms with Gasteiger partial charge in [0.2, 0.25) is 0 Å². The van der Waals surface area contributed by atoms with E-state index in [-0.39, 0.29) is 53.5 Å². The highest BCUT2D eigenvalue weighted by Crippen LogP contribution is 2.35. The van der Waals surface area contributed by atoms with E-state index in [0.717, 1.165) is 4.31 Å². The number of carbonyl (C=O) groups is 2. The fraction of sp³-hybridized carbons (Fsp3) is 0.370. The number of sulfonamides is 1.